The topological polar surface area (TPSA) is 72.2 Å². The highest BCUT2D eigenvalue weighted by Crippen LogP contribution is 2.20. The zero-order chi connectivity index (χ0) is 25.3. The molecule has 0 unspecified atom stereocenters. The number of carbonyl (C=O) groups excluding carboxylic acids is 1. The van der Waals surface area contributed by atoms with Gasteiger partial charge in [-0.15, -0.1) is 0 Å². The summed E-state index contributed by atoms with van der Waals surface area (Å²) >= 11 is 0. The fourth-order valence-corrected chi connectivity index (χ4v) is 4.58. The van der Waals surface area contributed by atoms with Crippen molar-refractivity contribution in [2.45, 2.75) is 26.7 Å². The maximum absolute atomic E-state index is 12.8. The molecule has 0 radical (unpaired) electrons. The molecule has 4 N–H and O–H groups in total. The number of nitrogens with one attached hydrogen (secondary N) is 4. The summed E-state index contributed by atoms with van der Waals surface area (Å²) in [5, 5.41) is 10.7. The molecule has 0 atom stereocenters. The predicted molar refractivity (Wildman–Crippen MR) is 149 cm³/mol. The maximum atomic E-state index is 12.8. The highest BCUT2D eigenvalue weighted by Gasteiger charge is 2.14. The number of nitrogens with zero attached hydrogens (tertiary/aromatic N) is 1. The number of amides is 2. The number of piperazine rings is 1. The van der Waals surface area contributed by atoms with Crippen LogP contribution in [0.1, 0.15) is 25.0 Å². The van der Waals surface area contributed by atoms with E-state index in [1.165, 1.54) is 16.5 Å². The van der Waals surface area contributed by atoms with E-state index in [1.807, 2.05) is 43.5 Å². The first-order valence-electron chi connectivity index (χ1n) is 12.7. The number of para-hydroxylation sites is 1. The third-order valence-electron chi connectivity index (χ3n) is 6.72. The number of hydrogen-bond donors (Lipinski definition) is 4. The Morgan fingerprint density at radius 1 is 1.06 bits per heavy atom. The van der Waals surface area contributed by atoms with Gasteiger partial charge in [0.1, 0.15) is 0 Å². The molecule has 0 bridgehead atoms. The molecule has 1 fully saturated rings. The summed E-state index contributed by atoms with van der Waals surface area (Å²) in [5.74, 6) is 0. The molecule has 0 aliphatic carbocycles. The van der Waals surface area contributed by atoms with E-state index >= 15 is 0 Å². The van der Waals surface area contributed by atoms with Crippen molar-refractivity contribution in [2.24, 2.45) is 0 Å². The molecular weight excluding hydrogens is 446 g/mol. The van der Waals surface area contributed by atoms with Gasteiger partial charge in [-0.1, -0.05) is 61.2 Å². The van der Waals surface area contributed by atoms with Gasteiger partial charge in [-0.3, -0.25) is 0 Å². The highest BCUT2D eigenvalue weighted by atomic mass is 16.2. The minimum absolute atomic E-state index is 0.190. The van der Waals surface area contributed by atoms with Crippen molar-refractivity contribution in [3.05, 3.63) is 107 Å². The van der Waals surface area contributed by atoms with Crippen molar-refractivity contribution in [2.75, 3.05) is 32.7 Å². The van der Waals surface area contributed by atoms with Gasteiger partial charge in [-0.2, -0.15) is 0 Å². The van der Waals surface area contributed by atoms with E-state index < -0.39 is 0 Å². The SMILES string of the molecule is C=C(/C(C)=C/C(Cc1ccccc1)=C(\C)NC(=O)NCCc1c[nH]c2ccccc12)N1CCNCC1. The third kappa shape index (κ3) is 6.67. The van der Waals surface area contributed by atoms with Crippen molar-refractivity contribution in [3.8, 4) is 0 Å². The Morgan fingerprint density at radius 3 is 2.56 bits per heavy atom. The van der Waals surface area contributed by atoms with Crippen LogP contribution in [0, 0.1) is 0 Å². The van der Waals surface area contributed by atoms with Gasteiger partial charge in [0.05, 0.1) is 0 Å². The Balaban J connectivity index is 1.43. The quantitative estimate of drug-likeness (QED) is 0.328. The minimum Gasteiger partial charge on any atom is -0.369 e. The van der Waals surface area contributed by atoms with E-state index in [2.05, 4.69) is 69.7 Å². The van der Waals surface area contributed by atoms with Crippen molar-refractivity contribution >= 4 is 16.9 Å². The van der Waals surface area contributed by atoms with E-state index in [0.29, 0.717) is 6.54 Å². The van der Waals surface area contributed by atoms with Gasteiger partial charge in [0, 0.05) is 61.2 Å². The lowest BCUT2D eigenvalue weighted by Gasteiger charge is -2.31. The molecule has 6 heteroatoms. The van der Waals surface area contributed by atoms with Gasteiger partial charge < -0.3 is 25.8 Å². The van der Waals surface area contributed by atoms with Crippen LogP contribution < -0.4 is 16.0 Å². The van der Waals surface area contributed by atoms with Crippen molar-refractivity contribution in [1.82, 2.24) is 25.8 Å². The van der Waals surface area contributed by atoms with Crippen molar-refractivity contribution < 1.29 is 4.79 Å². The second-order valence-electron chi connectivity index (χ2n) is 9.31. The summed E-state index contributed by atoms with van der Waals surface area (Å²) in [7, 11) is 0. The number of H-pyrrole nitrogens is 1. The number of benzene rings is 2. The first-order valence-corrected chi connectivity index (χ1v) is 12.7. The Labute approximate surface area is 214 Å². The minimum atomic E-state index is -0.190. The monoisotopic (exact) mass is 483 g/mol. The van der Waals surface area contributed by atoms with E-state index in [9.17, 15) is 4.79 Å². The van der Waals surface area contributed by atoms with Crippen molar-refractivity contribution in [1.29, 1.82) is 0 Å². The predicted octanol–water partition coefficient (Wildman–Crippen LogP) is 4.89. The lowest BCUT2D eigenvalue weighted by Crippen LogP contribution is -2.42. The molecule has 36 heavy (non-hydrogen) atoms. The standard InChI is InChI=1S/C30H37N5O/c1-22(24(3)35-17-15-31-16-18-35)19-27(20-25-9-5-4-6-10-25)23(2)34-30(36)32-14-13-26-21-33-29-12-8-7-11-28(26)29/h4-12,19,21,31,33H,3,13-18,20H2,1-2H3,(H2,32,34,36)/b22-19+,27-23-. The van der Waals surface area contributed by atoms with Crippen LogP contribution in [-0.2, 0) is 12.8 Å². The molecule has 4 rings (SSSR count). The van der Waals surface area contributed by atoms with Crippen molar-refractivity contribution in [3.63, 3.8) is 0 Å². The van der Waals surface area contributed by atoms with Crippen LogP contribution in [0.25, 0.3) is 10.9 Å². The van der Waals surface area contributed by atoms with Gasteiger partial charge in [0.2, 0.25) is 0 Å². The Bertz CT molecular complexity index is 1250. The van der Waals surface area contributed by atoms with E-state index in [0.717, 1.165) is 67.1 Å². The molecule has 0 saturated carbocycles. The molecular formula is C30H37N5O. The largest absolute Gasteiger partial charge is 0.369 e. The number of fused-ring (bicyclic) bond motifs is 1. The number of hydrogen-bond acceptors (Lipinski definition) is 3. The molecule has 1 aliphatic heterocycles. The Kier molecular flexibility index (Phi) is 8.63. The molecule has 1 aromatic heterocycles. The summed E-state index contributed by atoms with van der Waals surface area (Å²) in [6.45, 7) is 12.8. The molecule has 2 heterocycles. The number of urea groups is 1. The number of rotatable bonds is 9. The van der Waals surface area contributed by atoms with Crippen LogP contribution in [0.15, 0.2) is 96.0 Å². The first kappa shape index (κ1) is 25.3. The number of carbonyl (C=O) groups is 1. The summed E-state index contributed by atoms with van der Waals surface area (Å²) in [5.41, 5.74) is 7.59. The zero-order valence-electron chi connectivity index (χ0n) is 21.4. The Morgan fingerprint density at radius 2 is 1.78 bits per heavy atom. The lowest BCUT2D eigenvalue weighted by molar-refractivity contribution is 0.243. The number of aromatic amines is 1. The maximum Gasteiger partial charge on any atom is 0.318 e. The van der Waals surface area contributed by atoms with Crippen LogP contribution in [0.3, 0.4) is 0 Å². The molecule has 2 amide bonds. The van der Waals surface area contributed by atoms with Crippen LogP contribution in [0.4, 0.5) is 4.79 Å². The van der Waals surface area contributed by atoms with Gasteiger partial charge in [-0.25, -0.2) is 4.79 Å². The Hall–Kier alpha value is -3.77. The number of allylic oxidation sites excluding steroid dienone is 4. The molecule has 188 valence electrons. The average molecular weight is 484 g/mol. The normalized spacial score (nSPS) is 14.9. The summed E-state index contributed by atoms with van der Waals surface area (Å²) in [6.07, 6.45) is 5.68. The smallest absolute Gasteiger partial charge is 0.318 e. The fraction of sp³-hybridized carbons (Fsp3) is 0.300. The molecule has 1 aliphatic rings. The van der Waals surface area contributed by atoms with Crippen LogP contribution >= 0.6 is 0 Å². The van der Waals surface area contributed by atoms with Crippen LogP contribution in [-0.4, -0.2) is 48.6 Å². The van der Waals surface area contributed by atoms with E-state index in [4.69, 9.17) is 0 Å². The fourth-order valence-electron chi connectivity index (χ4n) is 4.58. The molecule has 2 aromatic carbocycles. The van der Waals surface area contributed by atoms with Gasteiger partial charge in [0.25, 0.3) is 0 Å². The highest BCUT2D eigenvalue weighted by molar-refractivity contribution is 5.83. The molecule has 3 aromatic rings. The first-order chi connectivity index (χ1) is 17.5. The van der Waals surface area contributed by atoms with Gasteiger partial charge in [0.15, 0.2) is 0 Å². The number of aromatic nitrogens is 1. The molecule has 0 spiro atoms. The van der Waals surface area contributed by atoms with Gasteiger partial charge >= 0.3 is 6.03 Å². The second-order valence-corrected chi connectivity index (χ2v) is 9.31. The molecule has 1 saturated heterocycles. The summed E-state index contributed by atoms with van der Waals surface area (Å²) < 4.78 is 0. The third-order valence-corrected chi connectivity index (χ3v) is 6.72. The average Bonchev–Trinajstić information content (AvgIpc) is 3.32. The lowest BCUT2D eigenvalue weighted by atomic mass is 10.00. The summed E-state index contributed by atoms with van der Waals surface area (Å²) in [6, 6.07) is 18.4. The van der Waals surface area contributed by atoms with Gasteiger partial charge in [-0.05, 0) is 55.0 Å². The van der Waals surface area contributed by atoms with E-state index in [1.54, 1.807) is 0 Å². The second kappa shape index (κ2) is 12.3. The summed E-state index contributed by atoms with van der Waals surface area (Å²) in [4.78, 5) is 18.4. The van der Waals surface area contributed by atoms with E-state index in [-0.39, 0.29) is 6.03 Å². The van der Waals surface area contributed by atoms with Crippen LogP contribution in [0.5, 0.6) is 0 Å². The van der Waals surface area contributed by atoms with Crippen LogP contribution in [0.2, 0.25) is 0 Å². The zero-order valence-corrected chi connectivity index (χ0v) is 21.4. The molecule has 6 nitrogen and oxygen atoms in total.